The summed E-state index contributed by atoms with van der Waals surface area (Å²) in [5.41, 5.74) is 0.578. The highest BCUT2D eigenvalue weighted by Gasteiger charge is 2.09. The number of carbonyl (C=O) groups is 2. The molecule has 2 N–H and O–H groups in total. The fourth-order valence-electron chi connectivity index (χ4n) is 2.08. The molecule has 2 aromatic rings. The van der Waals surface area contributed by atoms with Gasteiger partial charge in [0, 0.05) is 30.8 Å². The number of hydrogen-bond acceptors (Lipinski definition) is 5. The Morgan fingerprint density at radius 1 is 1.11 bits per heavy atom. The molecule has 0 aliphatic carbocycles. The maximum absolute atomic E-state index is 13.4. The Morgan fingerprint density at radius 2 is 1.78 bits per heavy atom. The van der Waals surface area contributed by atoms with Gasteiger partial charge >= 0.3 is 0 Å². The van der Waals surface area contributed by atoms with Crippen molar-refractivity contribution in [2.45, 2.75) is 6.92 Å². The van der Waals surface area contributed by atoms with Crippen LogP contribution in [0, 0.1) is 22.9 Å². The lowest BCUT2D eigenvalue weighted by molar-refractivity contribution is -0.384. The van der Waals surface area contributed by atoms with Gasteiger partial charge in [0.15, 0.2) is 6.61 Å². The largest absolute Gasteiger partial charge is 0.484 e. The Morgan fingerprint density at radius 3 is 2.41 bits per heavy atom. The van der Waals surface area contributed by atoms with Crippen LogP contribution >= 0.6 is 0 Å². The number of ether oxygens (including phenoxy) is 1. The summed E-state index contributed by atoms with van der Waals surface area (Å²) < 4.78 is 18.6. The van der Waals surface area contributed by atoms with Crippen molar-refractivity contribution in [1.29, 1.82) is 0 Å². The number of halogens is 1. The number of amides is 2. The maximum atomic E-state index is 13.4. The highest BCUT2D eigenvalue weighted by atomic mass is 19.1. The molecule has 0 aliphatic heterocycles. The number of aryl methyl sites for hydroxylation is 1. The summed E-state index contributed by atoms with van der Waals surface area (Å²) in [5.74, 6) is -0.987. The van der Waals surface area contributed by atoms with Gasteiger partial charge in [0.05, 0.1) is 4.92 Å². The molecule has 0 bridgehead atoms. The molecular formula is C18H18FN3O5. The quantitative estimate of drug-likeness (QED) is 0.416. The third-order valence-corrected chi connectivity index (χ3v) is 3.58. The van der Waals surface area contributed by atoms with E-state index in [0.29, 0.717) is 11.3 Å². The topological polar surface area (TPSA) is 111 Å². The SMILES string of the molecule is Cc1ccc(C(=O)NCCNC(=O)COc2ccc([N+](=O)[O-])cc2)cc1F. The third-order valence-electron chi connectivity index (χ3n) is 3.58. The molecule has 27 heavy (non-hydrogen) atoms. The molecule has 2 rings (SSSR count). The van der Waals surface area contributed by atoms with Gasteiger partial charge in [-0.25, -0.2) is 4.39 Å². The lowest BCUT2D eigenvalue weighted by Crippen LogP contribution is -2.36. The zero-order valence-electron chi connectivity index (χ0n) is 14.5. The van der Waals surface area contributed by atoms with Crippen molar-refractivity contribution in [3.8, 4) is 5.75 Å². The molecule has 0 atom stereocenters. The molecule has 0 radical (unpaired) electrons. The van der Waals surface area contributed by atoms with Crippen molar-refractivity contribution >= 4 is 17.5 Å². The molecule has 8 nitrogen and oxygen atoms in total. The van der Waals surface area contributed by atoms with Crippen LogP contribution < -0.4 is 15.4 Å². The normalized spacial score (nSPS) is 10.1. The number of nitro benzene ring substituents is 1. The number of carbonyl (C=O) groups excluding carboxylic acids is 2. The van der Waals surface area contributed by atoms with Crippen LogP contribution in [-0.4, -0.2) is 36.4 Å². The van der Waals surface area contributed by atoms with E-state index in [0.717, 1.165) is 6.07 Å². The molecule has 0 aliphatic rings. The van der Waals surface area contributed by atoms with Crippen molar-refractivity contribution in [2.75, 3.05) is 19.7 Å². The number of benzene rings is 2. The molecule has 0 saturated heterocycles. The van der Waals surface area contributed by atoms with Crippen molar-refractivity contribution in [2.24, 2.45) is 0 Å². The molecule has 0 heterocycles. The zero-order chi connectivity index (χ0) is 19.8. The minimum Gasteiger partial charge on any atom is -0.484 e. The van der Waals surface area contributed by atoms with E-state index in [-0.39, 0.29) is 30.9 Å². The summed E-state index contributed by atoms with van der Waals surface area (Å²) in [7, 11) is 0. The van der Waals surface area contributed by atoms with Gasteiger partial charge in [-0.1, -0.05) is 6.07 Å². The molecule has 0 spiro atoms. The van der Waals surface area contributed by atoms with Crippen molar-refractivity contribution in [1.82, 2.24) is 10.6 Å². The van der Waals surface area contributed by atoms with Gasteiger partial charge in [0.25, 0.3) is 17.5 Å². The van der Waals surface area contributed by atoms with Crippen molar-refractivity contribution < 1.29 is 23.6 Å². The van der Waals surface area contributed by atoms with Crippen molar-refractivity contribution in [3.63, 3.8) is 0 Å². The molecular weight excluding hydrogens is 357 g/mol. The average molecular weight is 375 g/mol. The molecule has 2 amide bonds. The van der Waals surface area contributed by atoms with Gasteiger partial charge in [-0.15, -0.1) is 0 Å². The summed E-state index contributed by atoms with van der Waals surface area (Å²) in [5, 5.41) is 15.7. The number of non-ortho nitro benzene ring substituents is 1. The lowest BCUT2D eigenvalue weighted by Gasteiger charge is -2.09. The highest BCUT2D eigenvalue weighted by Crippen LogP contribution is 2.17. The monoisotopic (exact) mass is 375 g/mol. The average Bonchev–Trinajstić information content (AvgIpc) is 2.65. The summed E-state index contributed by atoms with van der Waals surface area (Å²) >= 11 is 0. The fourth-order valence-corrected chi connectivity index (χ4v) is 2.08. The minimum absolute atomic E-state index is 0.0731. The van der Waals surface area contributed by atoms with Crippen LogP contribution in [0.25, 0.3) is 0 Å². The number of rotatable bonds is 8. The van der Waals surface area contributed by atoms with Crippen LogP contribution in [-0.2, 0) is 4.79 Å². The summed E-state index contributed by atoms with van der Waals surface area (Å²) in [4.78, 5) is 33.6. The van der Waals surface area contributed by atoms with Crippen molar-refractivity contribution in [3.05, 3.63) is 69.5 Å². The second-order valence-electron chi connectivity index (χ2n) is 5.61. The Labute approximate surface area is 154 Å². The first-order valence-corrected chi connectivity index (χ1v) is 8.05. The fraction of sp³-hybridized carbons (Fsp3) is 0.222. The van der Waals surface area contributed by atoms with Gasteiger partial charge in [0.1, 0.15) is 11.6 Å². The molecule has 0 saturated carbocycles. The first kappa shape index (κ1) is 19.8. The molecule has 0 aromatic heterocycles. The molecule has 0 fully saturated rings. The van der Waals surface area contributed by atoms with Gasteiger partial charge in [0.2, 0.25) is 0 Å². The van der Waals surface area contributed by atoms with Crippen LogP contribution in [0.1, 0.15) is 15.9 Å². The Hall–Kier alpha value is -3.49. The van der Waals surface area contributed by atoms with E-state index < -0.39 is 22.6 Å². The van der Waals surface area contributed by atoms with E-state index in [4.69, 9.17) is 4.74 Å². The van der Waals surface area contributed by atoms with E-state index in [2.05, 4.69) is 10.6 Å². The van der Waals surface area contributed by atoms with Gasteiger partial charge in [-0.2, -0.15) is 0 Å². The second-order valence-corrected chi connectivity index (χ2v) is 5.61. The first-order chi connectivity index (χ1) is 12.9. The maximum Gasteiger partial charge on any atom is 0.269 e. The predicted octanol–water partition coefficient (Wildman–Crippen LogP) is 1.97. The molecule has 9 heteroatoms. The first-order valence-electron chi connectivity index (χ1n) is 8.05. The van der Waals surface area contributed by atoms with Gasteiger partial charge < -0.3 is 15.4 Å². The number of nitrogens with one attached hydrogen (secondary N) is 2. The van der Waals surface area contributed by atoms with E-state index in [1.54, 1.807) is 6.92 Å². The van der Waals surface area contributed by atoms with E-state index >= 15 is 0 Å². The Balaban J connectivity index is 1.67. The summed E-state index contributed by atoms with van der Waals surface area (Å²) in [6.45, 7) is 1.67. The predicted molar refractivity (Wildman–Crippen MR) is 95.1 cm³/mol. The van der Waals surface area contributed by atoms with Crippen LogP contribution in [0.15, 0.2) is 42.5 Å². The zero-order valence-corrected chi connectivity index (χ0v) is 14.5. The summed E-state index contributed by atoms with van der Waals surface area (Å²) in [6.07, 6.45) is 0. The second kappa shape index (κ2) is 9.27. The standard InChI is InChI=1S/C18H18FN3O5/c1-12-2-3-13(10-16(12)19)18(24)21-9-8-20-17(23)11-27-15-6-4-14(5-7-15)22(25)26/h2-7,10H,8-9,11H2,1H3,(H,20,23)(H,21,24). The Kier molecular flexibility index (Phi) is 6.81. The number of nitro groups is 1. The van der Waals surface area contributed by atoms with E-state index in [1.807, 2.05) is 0 Å². The van der Waals surface area contributed by atoms with Gasteiger partial charge in [-0.05, 0) is 36.8 Å². The smallest absolute Gasteiger partial charge is 0.269 e. The molecule has 2 aromatic carbocycles. The molecule has 142 valence electrons. The summed E-state index contributed by atoms with van der Waals surface area (Å²) in [6, 6.07) is 9.53. The Bertz CT molecular complexity index is 839. The van der Waals surface area contributed by atoms with E-state index in [1.165, 1.54) is 36.4 Å². The van der Waals surface area contributed by atoms with Crippen LogP contribution in [0.4, 0.5) is 10.1 Å². The lowest BCUT2D eigenvalue weighted by atomic mass is 10.1. The van der Waals surface area contributed by atoms with Gasteiger partial charge in [-0.3, -0.25) is 19.7 Å². The van der Waals surface area contributed by atoms with E-state index in [9.17, 15) is 24.1 Å². The van der Waals surface area contributed by atoms with Crippen LogP contribution in [0.5, 0.6) is 5.75 Å². The van der Waals surface area contributed by atoms with Crippen LogP contribution in [0.3, 0.4) is 0 Å². The number of hydrogen-bond donors (Lipinski definition) is 2. The minimum atomic E-state index is -0.532. The molecule has 0 unspecified atom stereocenters. The van der Waals surface area contributed by atoms with Crippen LogP contribution in [0.2, 0.25) is 0 Å². The highest BCUT2D eigenvalue weighted by molar-refractivity contribution is 5.94. The number of nitrogens with zero attached hydrogens (tertiary/aromatic N) is 1. The third kappa shape index (κ3) is 6.07.